The van der Waals surface area contributed by atoms with Crippen LogP contribution in [0, 0.1) is 0 Å². The molecule has 1 aromatic rings. The largest absolute Gasteiger partial charge is 0.493 e. The molecule has 1 N–H and O–H groups in total. The highest BCUT2D eigenvalue weighted by molar-refractivity contribution is 5.75. The van der Waals surface area contributed by atoms with Gasteiger partial charge in [-0.3, -0.25) is 4.79 Å². The second-order valence-corrected chi connectivity index (χ2v) is 4.65. The van der Waals surface area contributed by atoms with Gasteiger partial charge in [0.25, 0.3) is 0 Å². The lowest BCUT2D eigenvalue weighted by molar-refractivity contribution is -0.129. The topological polar surface area (TPSA) is 50.8 Å². The molecule has 1 amide bonds. The van der Waals surface area contributed by atoms with E-state index in [2.05, 4.69) is 12.2 Å². The van der Waals surface area contributed by atoms with E-state index in [1.165, 1.54) is 0 Å². The summed E-state index contributed by atoms with van der Waals surface area (Å²) in [6.07, 6.45) is 0.355. The Morgan fingerprint density at radius 2 is 2.05 bits per heavy atom. The number of carbonyl (C=O) groups excluding carboxylic acids is 1. The van der Waals surface area contributed by atoms with Crippen LogP contribution < -0.4 is 14.8 Å². The lowest BCUT2D eigenvalue weighted by atomic mass is 10.2. The molecule has 5 heteroatoms. The molecule has 1 aromatic carbocycles. The van der Waals surface area contributed by atoms with Crippen LogP contribution in [0.1, 0.15) is 18.9 Å². The van der Waals surface area contributed by atoms with E-state index in [4.69, 9.17) is 9.47 Å². The summed E-state index contributed by atoms with van der Waals surface area (Å²) < 4.78 is 10.9. The van der Waals surface area contributed by atoms with E-state index in [1.807, 2.05) is 18.2 Å². The number of rotatable bonds is 8. The third kappa shape index (κ3) is 5.09. The van der Waals surface area contributed by atoms with Crippen molar-refractivity contribution in [2.45, 2.75) is 19.9 Å². The van der Waals surface area contributed by atoms with Crippen molar-refractivity contribution < 1.29 is 14.3 Å². The molecule has 0 saturated carbocycles. The lowest BCUT2D eigenvalue weighted by Crippen LogP contribution is -2.23. The van der Waals surface area contributed by atoms with Crippen LogP contribution in [-0.4, -0.2) is 45.2 Å². The van der Waals surface area contributed by atoms with Crippen LogP contribution in [0.3, 0.4) is 0 Å². The van der Waals surface area contributed by atoms with Crippen molar-refractivity contribution in [3.8, 4) is 11.5 Å². The molecule has 0 aliphatic heterocycles. The van der Waals surface area contributed by atoms with Crippen LogP contribution in [0.2, 0.25) is 0 Å². The van der Waals surface area contributed by atoms with Crippen LogP contribution in [0.5, 0.6) is 11.5 Å². The number of nitrogens with zero attached hydrogens (tertiary/aromatic N) is 1. The molecule has 0 aliphatic rings. The van der Waals surface area contributed by atoms with E-state index in [0.29, 0.717) is 24.5 Å². The predicted octanol–water partition coefficient (Wildman–Crippen LogP) is 1.66. The lowest BCUT2D eigenvalue weighted by Gasteiger charge is -2.14. The molecule has 20 heavy (non-hydrogen) atoms. The van der Waals surface area contributed by atoms with Crippen molar-refractivity contribution in [3.63, 3.8) is 0 Å². The van der Waals surface area contributed by atoms with Gasteiger partial charge < -0.3 is 19.7 Å². The first kappa shape index (κ1) is 16.3. The fraction of sp³-hybridized carbons (Fsp3) is 0.533. The number of benzene rings is 1. The minimum atomic E-state index is 0.0489. The number of nitrogens with one attached hydrogen (secondary N) is 1. The van der Waals surface area contributed by atoms with Crippen molar-refractivity contribution in [1.29, 1.82) is 0 Å². The Morgan fingerprint density at radius 1 is 1.30 bits per heavy atom. The molecule has 0 bridgehead atoms. The van der Waals surface area contributed by atoms with Gasteiger partial charge in [0.2, 0.25) is 5.91 Å². The Kier molecular flexibility index (Phi) is 6.87. The smallest absolute Gasteiger partial charge is 0.225 e. The number of ether oxygens (including phenoxy) is 2. The third-order valence-corrected chi connectivity index (χ3v) is 2.88. The van der Waals surface area contributed by atoms with Crippen molar-refractivity contribution in [2.75, 3.05) is 34.4 Å². The molecule has 0 spiro atoms. The van der Waals surface area contributed by atoms with Crippen molar-refractivity contribution in [1.82, 2.24) is 10.2 Å². The van der Waals surface area contributed by atoms with Gasteiger partial charge in [-0.15, -0.1) is 0 Å². The molecule has 0 atom stereocenters. The fourth-order valence-electron chi connectivity index (χ4n) is 1.69. The van der Waals surface area contributed by atoms with E-state index in [-0.39, 0.29) is 5.91 Å². The van der Waals surface area contributed by atoms with Crippen LogP contribution >= 0.6 is 0 Å². The SMILES string of the molecule is CCNCc1ccc(OC)c(OCCC(=O)N(C)C)c1. The summed E-state index contributed by atoms with van der Waals surface area (Å²) >= 11 is 0. The number of carbonyl (C=O) groups is 1. The third-order valence-electron chi connectivity index (χ3n) is 2.88. The van der Waals surface area contributed by atoms with E-state index in [9.17, 15) is 4.79 Å². The highest BCUT2D eigenvalue weighted by Gasteiger charge is 2.08. The first-order valence-corrected chi connectivity index (χ1v) is 6.79. The zero-order chi connectivity index (χ0) is 15.0. The molecule has 0 radical (unpaired) electrons. The highest BCUT2D eigenvalue weighted by atomic mass is 16.5. The Bertz CT molecular complexity index is 433. The molecule has 0 aliphatic carbocycles. The summed E-state index contributed by atoms with van der Waals surface area (Å²) in [4.78, 5) is 13.1. The molecule has 112 valence electrons. The van der Waals surface area contributed by atoms with Gasteiger partial charge in [0.15, 0.2) is 11.5 Å². The van der Waals surface area contributed by atoms with Crippen molar-refractivity contribution in [2.24, 2.45) is 0 Å². The Balaban J connectivity index is 2.63. The molecule has 0 unspecified atom stereocenters. The summed E-state index contributed by atoms with van der Waals surface area (Å²) in [5.74, 6) is 1.41. The Hall–Kier alpha value is -1.75. The minimum absolute atomic E-state index is 0.0489. The Morgan fingerprint density at radius 3 is 2.65 bits per heavy atom. The maximum absolute atomic E-state index is 11.5. The van der Waals surface area contributed by atoms with Gasteiger partial charge in [-0.05, 0) is 24.2 Å². The standard InChI is InChI=1S/C15H24N2O3/c1-5-16-11-12-6-7-13(19-4)14(10-12)20-9-8-15(18)17(2)3/h6-7,10,16H,5,8-9,11H2,1-4H3. The normalized spacial score (nSPS) is 10.2. The molecule has 0 heterocycles. The summed E-state index contributed by atoms with van der Waals surface area (Å²) in [7, 11) is 5.08. The first-order valence-electron chi connectivity index (χ1n) is 6.79. The van der Waals surface area contributed by atoms with E-state index in [0.717, 1.165) is 18.7 Å². The number of methoxy groups -OCH3 is 1. The van der Waals surface area contributed by atoms with E-state index >= 15 is 0 Å². The van der Waals surface area contributed by atoms with Gasteiger partial charge in [0, 0.05) is 20.6 Å². The van der Waals surface area contributed by atoms with Gasteiger partial charge in [-0.1, -0.05) is 13.0 Å². The van der Waals surface area contributed by atoms with Crippen LogP contribution in [0.4, 0.5) is 0 Å². The van der Waals surface area contributed by atoms with Crippen LogP contribution in [0.15, 0.2) is 18.2 Å². The van der Waals surface area contributed by atoms with Gasteiger partial charge in [0.1, 0.15) is 0 Å². The van der Waals surface area contributed by atoms with Gasteiger partial charge >= 0.3 is 0 Å². The molecule has 0 saturated heterocycles. The van der Waals surface area contributed by atoms with E-state index < -0.39 is 0 Å². The number of amides is 1. The molecule has 0 fully saturated rings. The Labute approximate surface area is 120 Å². The monoisotopic (exact) mass is 280 g/mol. The maximum Gasteiger partial charge on any atom is 0.225 e. The predicted molar refractivity (Wildman–Crippen MR) is 79.2 cm³/mol. The quantitative estimate of drug-likeness (QED) is 0.787. The second-order valence-electron chi connectivity index (χ2n) is 4.65. The molecule has 0 aromatic heterocycles. The average Bonchev–Trinajstić information content (AvgIpc) is 2.45. The zero-order valence-electron chi connectivity index (χ0n) is 12.7. The minimum Gasteiger partial charge on any atom is -0.493 e. The summed E-state index contributed by atoms with van der Waals surface area (Å²) in [5, 5.41) is 3.26. The summed E-state index contributed by atoms with van der Waals surface area (Å²) in [5.41, 5.74) is 1.13. The molecular formula is C15H24N2O3. The van der Waals surface area contributed by atoms with Crippen LogP contribution in [0.25, 0.3) is 0 Å². The fourth-order valence-corrected chi connectivity index (χ4v) is 1.69. The molecule has 5 nitrogen and oxygen atoms in total. The van der Waals surface area contributed by atoms with E-state index in [1.54, 1.807) is 26.1 Å². The van der Waals surface area contributed by atoms with Gasteiger partial charge in [-0.2, -0.15) is 0 Å². The number of hydrogen-bond acceptors (Lipinski definition) is 4. The first-order chi connectivity index (χ1) is 9.58. The molecule has 1 rings (SSSR count). The molecular weight excluding hydrogens is 256 g/mol. The maximum atomic E-state index is 11.5. The van der Waals surface area contributed by atoms with Crippen molar-refractivity contribution >= 4 is 5.91 Å². The van der Waals surface area contributed by atoms with Crippen LogP contribution in [-0.2, 0) is 11.3 Å². The van der Waals surface area contributed by atoms with Gasteiger partial charge in [0.05, 0.1) is 20.1 Å². The zero-order valence-corrected chi connectivity index (χ0v) is 12.7. The highest BCUT2D eigenvalue weighted by Crippen LogP contribution is 2.28. The average molecular weight is 280 g/mol. The number of hydrogen-bond donors (Lipinski definition) is 1. The van der Waals surface area contributed by atoms with Gasteiger partial charge in [-0.25, -0.2) is 0 Å². The summed E-state index contributed by atoms with van der Waals surface area (Å²) in [6.45, 7) is 4.11. The second kappa shape index (κ2) is 8.43. The van der Waals surface area contributed by atoms with Crippen molar-refractivity contribution in [3.05, 3.63) is 23.8 Å². The summed E-state index contributed by atoms with van der Waals surface area (Å²) in [6, 6.07) is 5.83.